The highest BCUT2D eigenvalue weighted by Crippen LogP contribution is 2.28. The number of amides is 2. The molecule has 0 aliphatic rings. The summed E-state index contributed by atoms with van der Waals surface area (Å²) in [5.74, 6) is 0.865. The van der Waals surface area contributed by atoms with Crippen LogP contribution in [0.2, 0.25) is 0 Å². The molecule has 0 atom stereocenters. The van der Waals surface area contributed by atoms with E-state index in [-0.39, 0.29) is 12.4 Å². The van der Waals surface area contributed by atoms with Gasteiger partial charge in [-0.15, -0.1) is 11.8 Å². The van der Waals surface area contributed by atoms with Gasteiger partial charge in [-0.25, -0.2) is 4.79 Å². The van der Waals surface area contributed by atoms with Crippen LogP contribution in [0.3, 0.4) is 0 Å². The van der Waals surface area contributed by atoms with Crippen LogP contribution < -0.4 is 20.1 Å². The van der Waals surface area contributed by atoms with E-state index in [0.717, 1.165) is 4.90 Å². The molecule has 0 aliphatic heterocycles. The van der Waals surface area contributed by atoms with Gasteiger partial charge in [0, 0.05) is 15.8 Å². The molecule has 0 fully saturated rings. The molecule has 0 unspecified atom stereocenters. The van der Waals surface area contributed by atoms with Crippen LogP contribution in [0.5, 0.6) is 11.5 Å². The number of nitrogens with zero attached hydrogens (tertiary/aromatic N) is 1. The van der Waals surface area contributed by atoms with Crippen molar-refractivity contribution in [3.05, 3.63) is 72.3 Å². The van der Waals surface area contributed by atoms with Crippen LogP contribution in [0.15, 0.2) is 71.6 Å². The molecule has 0 saturated heterocycles. The van der Waals surface area contributed by atoms with Gasteiger partial charge in [-0.3, -0.25) is 10.4 Å². The molecule has 0 spiro atoms. The molecule has 3 aromatic carbocycles. The molecule has 3 N–H and O–H groups in total. The van der Waals surface area contributed by atoms with Gasteiger partial charge in [0.2, 0.25) is 0 Å². The summed E-state index contributed by atoms with van der Waals surface area (Å²) in [4.78, 5) is 13.5. The van der Waals surface area contributed by atoms with Gasteiger partial charge in [0.1, 0.15) is 18.1 Å². The SMILES string of the molecule is CSc1ccccc1NC(=O)Nc1n[nH]c2ccc(OCc3ccccc3OC(F)F)cc12. The fourth-order valence-electron chi connectivity index (χ4n) is 3.18. The fraction of sp³-hybridized carbons (Fsp3) is 0.130. The number of carbonyl (C=O) groups is 1. The summed E-state index contributed by atoms with van der Waals surface area (Å²) in [7, 11) is 0. The lowest BCUT2D eigenvalue weighted by Gasteiger charge is -2.12. The number of benzene rings is 3. The molecule has 33 heavy (non-hydrogen) atoms. The van der Waals surface area contributed by atoms with E-state index < -0.39 is 12.6 Å². The fourth-order valence-corrected chi connectivity index (χ4v) is 3.74. The topological polar surface area (TPSA) is 88.3 Å². The molecule has 170 valence electrons. The van der Waals surface area contributed by atoms with Crippen molar-refractivity contribution in [1.82, 2.24) is 10.2 Å². The number of anilines is 2. The number of aromatic amines is 1. The smallest absolute Gasteiger partial charge is 0.387 e. The molecule has 0 bridgehead atoms. The number of nitrogens with one attached hydrogen (secondary N) is 3. The van der Waals surface area contributed by atoms with E-state index >= 15 is 0 Å². The minimum atomic E-state index is -2.92. The maximum atomic E-state index is 12.6. The molecule has 4 rings (SSSR count). The van der Waals surface area contributed by atoms with Gasteiger partial charge in [0.25, 0.3) is 0 Å². The van der Waals surface area contributed by atoms with Crippen LogP contribution in [0.4, 0.5) is 25.1 Å². The number of rotatable bonds is 8. The standard InChI is InChI=1S/C23H20F2N4O3S/c1-33-20-9-5-3-7-18(20)26-23(30)27-21-16-12-15(10-11-17(16)28-29-21)31-13-14-6-2-4-8-19(14)32-22(24)25/h2-12,22H,13H2,1H3,(H3,26,27,28,29,30). The normalized spacial score (nSPS) is 10.9. The second kappa shape index (κ2) is 10.2. The Kier molecular flexibility index (Phi) is 6.94. The van der Waals surface area contributed by atoms with E-state index in [2.05, 4.69) is 25.6 Å². The summed E-state index contributed by atoms with van der Waals surface area (Å²) >= 11 is 1.53. The predicted molar refractivity (Wildman–Crippen MR) is 124 cm³/mol. The second-order valence-electron chi connectivity index (χ2n) is 6.83. The van der Waals surface area contributed by atoms with Gasteiger partial charge in [-0.1, -0.05) is 30.3 Å². The van der Waals surface area contributed by atoms with E-state index in [1.165, 1.54) is 17.8 Å². The third-order valence-electron chi connectivity index (χ3n) is 4.70. The number of para-hydroxylation sites is 2. The van der Waals surface area contributed by atoms with Gasteiger partial charge < -0.3 is 14.8 Å². The van der Waals surface area contributed by atoms with Crippen LogP contribution >= 0.6 is 11.8 Å². The van der Waals surface area contributed by atoms with Crippen molar-refractivity contribution in [1.29, 1.82) is 0 Å². The lowest BCUT2D eigenvalue weighted by atomic mass is 10.2. The Morgan fingerprint density at radius 2 is 1.88 bits per heavy atom. The number of carbonyl (C=O) groups excluding carboxylic acids is 1. The van der Waals surface area contributed by atoms with Gasteiger partial charge in [0.05, 0.1) is 11.2 Å². The maximum absolute atomic E-state index is 12.6. The van der Waals surface area contributed by atoms with Gasteiger partial charge in [-0.05, 0) is 42.7 Å². The highest BCUT2D eigenvalue weighted by Gasteiger charge is 2.13. The lowest BCUT2D eigenvalue weighted by Crippen LogP contribution is -2.20. The van der Waals surface area contributed by atoms with E-state index in [9.17, 15) is 13.6 Å². The van der Waals surface area contributed by atoms with Gasteiger partial charge >= 0.3 is 12.6 Å². The zero-order chi connectivity index (χ0) is 23.2. The maximum Gasteiger partial charge on any atom is 0.387 e. The van der Waals surface area contributed by atoms with Crippen LogP contribution in [0.1, 0.15) is 5.56 Å². The first kappa shape index (κ1) is 22.4. The Balaban J connectivity index is 1.47. The first-order chi connectivity index (χ1) is 16.0. The molecule has 2 amide bonds. The summed E-state index contributed by atoms with van der Waals surface area (Å²) in [5, 5.41) is 13.2. The molecule has 0 radical (unpaired) electrons. The molecular weight excluding hydrogens is 450 g/mol. The quantitative estimate of drug-likeness (QED) is 0.271. The number of hydrogen-bond acceptors (Lipinski definition) is 5. The number of aromatic nitrogens is 2. The molecule has 0 aliphatic carbocycles. The van der Waals surface area contributed by atoms with Gasteiger partial charge in [0.15, 0.2) is 5.82 Å². The van der Waals surface area contributed by atoms with Crippen LogP contribution in [-0.4, -0.2) is 29.1 Å². The van der Waals surface area contributed by atoms with E-state index in [1.807, 2.05) is 30.5 Å². The minimum Gasteiger partial charge on any atom is -0.489 e. The van der Waals surface area contributed by atoms with Crippen molar-refractivity contribution < 1.29 is 23.0 Å². The van der Waals surface area contributed by atoms with Crippen LogP contribution in [0.25, 0.3) is 10.9 Å². The van der Waals surface area contributed by atoms with Gasteiger partial charge in [-0.2, -0.15) is 13.9 Å². The van der Waals surface area contributed by atoms with Crippen molar-refractivity contribution in [2.45, 2.75) is 18.1 Å². The Hall–Kier alpha value is -3.79. The monoisotopic (exact) mass is 470 g/mol. The summed E-state index contributed by atoms with van der Waals surface area (Å²) in [5.41, 5.74) is 1.87. The largest absolute Gasteiger partial charge is 0.489 e. The molecular formula is C23H20F2N4O3S. The number of halogens is 2. The molecule has 10 heteroatoms. The lowest BCUT2D eigenvalue weighted by molar-refractivity contribution is -0.0508. The predicted octanol–water partition coefficient (Wildman–Crippen LogP) is 6.11. The highest BCUT2D eigenvalue weighted by atomic mass is 32.2. The molecule has 7 nitrogen and oxygen atoms in total. The molecule has 4 aromatic rings. The van der Waals surface area contributed by atoms with E-state index in [4.69, 9.17) is 4.74 Å². The average molecular weight is 471 g/mol. The Morgan fingerprint density at radius 1 is 1.09 bits per heavy atom. The number of H-pyrrole nitrogens is 1. The molecule has 1 aromatic heterocycles. The van der Waals surface area contributed by atoms with E-state index in [0.29, 0.717) is 33.7 Å². The molecule has 0 saturated carbocycles. The number of alkyl halides is 2. The Labute approximate surface area is 192 Å². The zero-order valence-electron chi connectivity index (χ0n) is 17.5. The van der Waals surface area contributed by atoms with E-state index in [1.54, 1.807) is 36.4 Å². The zero-order valence-corrected chi connectivity index (χ0v) is 18.3. The molecule has 1 heterocycles. The second-order valence-corrected chi connectivity index (χ2v) is 7.68. The number of ether oxygens (including phenoxy) is 2. The summed E-state index contributed by atoms with van der Waals surface area (Å²) in [6.45, 7) is -2.89. The van der Waals surface area contributed by atoms with Crippen molar-refractivity contribution >= 4 is 40.2 Å². The van der Waals surface area contributed by atoms with Crippen molar-refractivity contribution in [3.63, 3.8) is 0 Å². The van der Waals surface area contributed by atoms with Crippen molar-refractivity contribution in [2.75, 3.05) is 16.9 Å². The Bertz CT molecular complexity index is 1270. The van der Waals surface area contributed by atoms with Crippen LogP contribution in [0, 0.1) is 0 Å². The summed E-state index contributed by atoms with van der Waals surface area (Å²) in [6.07, 6.45) is 1.93. The third-order valence-corrected chi connectivity index (χ3v) is 5.50. The first-order valence-electron chi connectivity index (χ1n) is 9.88. The number of fused-ring (bicyclic) bond motifs is 1. The number of urea groups is 1. The van der Waals surface area contributed by atoms with Crippen molar-refractivity contribution in [2.24, 2.45) is 0 Å². The average Bonchev–Trinajstić information content (AvgIpc) is 3.20. The van der Waals surface area contributed by atoms with Crippen LogP contribution in [-0.2, 0) is 6.61 Å². The first-order valence-corrected chi connectivity index (χ1v) is 11.1. The highest BCUT2D eigenvalue weighted by molar-refractivity contribution is 7.98. The third kappa shape index (κ3) is 5.53. The number of hydrogen-bond donors (Lipinski definition) is 3. The Morgan fingerprint density at radius 3 is 2.70 bits per heavy atom. The summed E-state index contributed by atoms with van der Waals surface area (Å²) < 4.78 is 35.5. The number of thioether (sulfide) groups is 1. The van der Waals surface area contributed by atoms with Crippen molar-refractivity contribution in [3.8, 4) is 11.5 Å². The summed E-state index contributed by atoms with van der Waals surface area (Å²) in [6, 6.07) is 18.6. The minimum absolute atomic E-state index is 0.0287.